The molecule has 0 aromatic heterocycles. The molecule has 0 spiro atoms. The fourth-order valence-corrected chi connectivity index (χ4v) is 12.3. The highest BCUT2D eigenvalue weighted by Gasteiger charge is 2.48. The van der Waals surface area contributed by atoms with Gasteiger partial charge in [0.05, 0.1) is 26.2 Å². The third-order valence-electron chi connectivity index (χ3n) is 12.8. The van der Waals surface area contributed by atoms with Gasteiger partial charge in [-0.05, 0) is 110 Å². The number of carboxylic acids is 1. The van der Waals surface area contributed by atoms with Crippen molar-refractivity contribution in [1.82, 2.24) is 0 Å². The van der Waals surface area contributed by atoms with E-state index >= 15 is 0 Å². The van der Waals surface area contributed by atoms with Crippen molar-refractivity contribution in [3.63, 3.8) is 0 Å². The lowest BCUT2D eigenvalue weighted by Gasteiger charge is -2.31. The van der Waals surface area contributed by atoms with Crippen LogP contribution in [0.1, 0.15) is 89.7 Å². The van der Waals surface area contributed by atoms with E-state index in [-0.39, 0.29) is 49.5 Å². The molecule has 372 valence electrons. The molecule has 0 fully saturated rings. The SMILES string of the molecule is CCCC1(C)C(/C=C/C=C/C=C2/N(CCCCCC(=O)O)c3ccc4c(S(=O)(=O)O)cc(S(=O)(=O)O)cc4c3C2(C)CCCS(=O)(=O)O)=[N+](CCCS(=O)(=O)[O-])c2ccc3cc(OC=O)ccc3c21. The average Bonchev–Trinajstić information content (AvgIpc) is 3.61. The Morgan fingerprint density at radius 3 is 2.13 bits per heavy atom. The third kappa shape index (κ3) is 11.8. The van der Waals surface area contributed by atoms with Crippen LogP contribution in [0.2, 0.25) is 0 Å². The van der Waals surface area contributed by atoms with E-state index < -0.39 is 78.6 Å². The van der Waals surface area contributed by atoms with Gasteiger partial charge in [-0.25, -0.2) is 8.42 Å². The highest BCUT2D eigenvalue weighted by molar-refractivity contribution is 7.87. The lowest BCUT2D eigenvalue weighted by atomic mass is 9.74. The van der Waals surface area contributed by atoms with Crippen LogP contribution in [0, 0.1) is 0 Å². The van der Waals surface area contributed by atoms with Crippen LogP contribution in [0.25, 0.3) is 21.5 Å². The number of carbonyl (C=O) groups excluding carboxylic acids is 1. The number of ether oxygens (including phenoxy) is 1. The van der Waals surface area contributed by atoms with Crippen LogP contribution in [-0.2, 0) is 60.9 Å². The lowest BCUT2D eigenvalue weighted by molar-refractivity contribution is -0.437. The van der Waals surface area contributed by atoms with Crippen molar-refractivity contribution in [2.45, 2.75) is 99.2 Å². The number of hydrogen-bond donors (Lipinski definition) is 4. The fraction of sp³-hybridized carbons (Fsp3) is 0.383. The molecule has 69 heavy (non-hydrogen) atoms. The number of anilines is 1. The molecule has 2 atom stereocenters. The van der Waals surface area contributed by atoms with Crippen LogP contribution < -0.4 is 9.64 Å². The van der Waals surface area contributed by atoms with Gasteiger partial charge in [0.1, 0.15) is 17.2 Å². The second-order valence-corrected chi connectivity index (χ2v) is 23.5. The minimum Gasteiger partial charge on any atom is -0.748 e. The zero-order chi connectivity index (χ0) is 50.7. The monoisotopic (exact) mass is 1030 g/mol. The number of unbranched alkanes of at least 4 members (excludes halogenated alkanes) is 2. The van der Waals surface area contributed by atoms with Crippen molar-refractivity contribution >= 4 is 91.5 Å². The summed E-state index contributed by atoms with van der Waals surface area (Å²) in [4.78, 5) is 22.7. The second-order valence-electron chi connectivity index (χ2n) is 17.6. The van der Waals surface area contributed by atoms with Crippen molar-refractivity contribution in [3.05, 3.63) is 102 Å². The Morgan fingerprint density at radius 2 is 1.49 bits per heavy atom. The molecule has 4 N–H and O–H groups in total. The molecule has 2 heterocycles. The maximum atomic E-state index is 12.7. The first-order valence-electron chi connectivity index (χ1n) is 22.1. The number of aliphatic carboxylic acids is 1. The van der Waals surface area contributed by atoms with E-state index in [1.165, 1.54) is 6.07 Å². The van der Waals surface area contributed by atoms with E-state index in [0.717, 1.165) is 40.2 Å². The summed E-state index contributed by atoms with van der Waals surface area (Å²) in [6, 6.07) is 13.7. The molecule has 2 unspecified atom stereocenters. The number of rotatable bonds is 23. The van der Waals surface area contributed by atoms with Gasteiger partial charge in [0.2, 0.25) is 5.69 Å². The zero-order valence-electron chi connectivity index (χ0n) is 38.1. The van der Waals surface area contributed by atoms with E-state index in [0.29, 0.717) is 60.9 Å². The van der Waals surface area contributed by atoms with Gasteiger partial charge in [-0.2, -0.15) is 29.8 Å². The van der Waals surface area contributed by atoms with Crippen molar-refractivity contribution in [2.24, 2.45) is 0 Å². The number of allylic oxidation sites excluding steroid dienone is 6. The lowest BCUT2D eigenvalue weighted by Crippen LogP contribution is -2.31. The number of hydrogen-bond acceptors (Lipinski definition) is 13. The molecule has 2 aliphatic heterocycles. The molecular formula is C47H54N2O16S4. The van der Waals surface area contributed by atoms with E-state index in [2.05, 4.69) is 6.92 Å². The normalized spacial score (nSPS) is 19.4. The summed E-state index contributed by atoms with van der Waals surface area (Å²) in [5, 5.41) is 10.9. The molecule has 0 radical (unpaired) electrons. The molecule has 0 aliphatic carbocycles. The molecule has 0 bridgehead atoms. The van der Waals surface area contributed by atoms with Gasteiger partial charge >= 0.3 is 5.97 Å². The van der Waals surface area contributed by atoms with E-state index in [4.69, 9.17) is 4.74 Å². The molecule has 4 aromatic rings. The molecule has 22 heteroatoms. The van der Waals surface area contributed by atoms with Crippen LogP contribution in [-0.4, -0.2) is 104 Å². The van der Waals surface area contributed by atoms with E-state index in [1.54, 1.807) is 49.4 Å². The summed E-state index contributed by atoms with van der Waals surface area (Å²) < 4.78 is 147. The molecule has 0 saturated carbocycles. The van der Waals surface area contributed by atoms with Crippen molar-refractivity contribution < 1.29 is 75.9 Å². The van der Waals surface area contributed by atoms with Gasteiger partial charge in [-0.1, -0.05) is 50.1 Å². The zero-order valence-corrected chi connectivity index (χ0v) is 41.3. The number of carboxylic acid groups (broad SMARTS) is 1. The predicted molar refractivity (Wildman–Crippen MR) is 258 cm³/mol. The summed E-state index contributed by atoms with van der Waals surface area (Å²) in [6.07, 6.45) is 11.4. The van der Waals surface area contributed by atoms with Crippen molar-refractivity contribution in [3.8, 4) is 5.75 Å². The molecule has 4 aromatic carbocycles. The van der Waals surface area contributed by atoms with E-state index in [1.807, 2.05) is 40.7 Å². The minimum absolute atomic E-state index is 0.00242. The van der Waals surface area contributed by atoms with Crippen LogP contribution in [0.3, 0.4) is 0 Å². The first-order valence-corrected chi connectivity index (χ1v) is 28.1. The first-order chi connectivity index (χ1) is 32.2. The molecule has 18 nitrogen and oxygen atoms in total. The largest absolute Gasteiger partial charge is 0.748 e. The van der Waals surface area contributed by atoms with Gasteiger partial charge in [0, 0.05) is 65.0 Å². The standard InChI is InChI=1S/C47H54N2O16S4/c1-4-22-46(2)41(49(25-12-27-67(56,57)58)38-20-16-32-28-33(65-31-50)17-18-35(32)44(38)46)13-7-5-8-14-42-47(3,23-11-26-66(53,54)55)45-37-29-34(68(59,60)61)30-40(69(62,63)64)36(37)19-21-39(45)48(42)24-10-6-9-15-43(51)52/h5,7-8,13-14,16-21,28-31H,4,6,9-12,15,22-27H2,1-3H3,(H4-,51,52,53,54,55,56,57,58,59,60,61,62,63,64). The van der Waals surface area contributed by atoms with Crippen LogP contribution in [0.4, 0.5) is 11.4 Å². The Kier molecular flexibility index (Phi) is 15.8. The Labute approximate surface area is 401 Å². The number of fused-ring (bicyclic) bond motifs is 6. The minimum atomic E-state index is -5.09. The summed E-state index contributed by atoms with van der Waals surface area (Å²) in [5.74, 6) is -1.86. The predicted octanol–water partition coefficient (Wildman–Crippen LogP) is 7.20. The number of carbonyl (C=O) groups is 2. The second kappa shape index (κ2) is 20.6. The van der Waals surface area contributed by atoms with Crippen molar-refractivity contribution in [1.29, 1.82) is 0 Å². The van der Waals surface area contributed by atoms with Crippen LogP contribution in [0.5, 0.6) is 5.75 Å². The molecule has 2 aliphatic rings. The fourth-order valence-electron chi connectivity index (χ4n) is 10.00. The molecular weight excluding hydrogens is 977 g/mol. The first kappa shape index (κ1) is 53.0. The maximum absolute atomic E-state index is 12.7. The number of benzene rings is 4. The Morgan fingerprint density at radius 1 is 0.768 bits per heavy atom. The Balaban J connectivity index is 1.52. The molecule has 0 amide bonds. The van der Waals surface area contributed by atoms with Gasteiger partial charge < -0.3 is 19.3 Å². The van der Waals surface area contributed by atoms with Crippen molar-refractivity contribution in [2.75, 3.05) is 29.5 Å². The smallest absolute Gasteiger partial charge is 0.303 e. The average molecular weight is 1030 g/mol. The van der Waals surface area contributed by atoms with Gasteiger partial charge in [-0.3, -0.25) is 23.2 Å². The Bertz CT molecular complexity index is 3290. The van der Waals surface area contributed by atoms with Crippen LogP contribution in [0.15, 0.2) is 100 Å². The Hall–Kier alpha value is -5.33. The van der Waals surface area contributed by atoms with Gasteiger partial charge in [-0.15, -0.1) is 0 Å². The summed E-state index contributed by atoms with van der Waals surface area (Å²) in [6.45, 7) is 6.64. The van der Waals surface area contributed by atoms with E-state index in [9.17, 15) is 66.6 Å². The molecule has 0 saturated heterocycles. The quantitative estimate of drug-likeness (QED) is 0.0188. The summed E-state index contributed by atoms with van der Waals surface area (Å²) in [5.41, 5.74) is 2.01. The van der Waals surface area contributed by atoms with Gasteiger partial charge in [0.25, 0.3) is 36.8 Å². The topological polar surface area (TPSA) is 290 Å². The van der Waals surface area contributed by atoms with Crippen LogP contribution >= 0.6 is 0 Å². The summed E-state index contributed by atoms with van der Waals surface area (Å²) in [7, 11) is -19.1. The highest BCUT2D eigenvalue weighted by atomic mass is 32.2. The maximum Gasteiger partial charge on any atom is 0.303 e. The molecule has 6 rings (SSSR count). The highest BCUT2D eigenvalue weighted by Crippen LogP contribution is 2.54. The third-order valence-corrected chi connectivity index (χ3v) is 16.1. The van der Waals surface area contributed by atoms with Gasteiger partial charge in [0.15, 0.2) is 5.71 Å². The number of nitrogens with zero attached hydrogens (tertiary/aromatic N) is 2. The summed E-state index contributed by atoms with van der Waals surface area (Å²) >= 11 is 0.